The van der Waals surface area contributed by atoms with Gasteiger partial charge in [0.2, 0.25) is 0 Å². The Bertz CT molecular complexity index is 566. The molecule has 0 unspecified atom stereocenters. The molecule has 6 atom stereocenters. The zero-order valence-corrected chi connectivity index (χ0v) is 15.9. The number of hydrogen-bond donors (Lipinski definition) is 0. The maximum absolute atomic E-state index is 6.49. The summed E-state index contributed by atoms with van der Waals surface area (Å²) in [5.41, 5.74) is 2.30. The Labute approximate surface area is 151 Å². The van der Waals surface area contributed by atoms with E-state index in [0.29, 0.717) is 10.8 Å². The number of allylic oxidation sites excluding steroid dienone is 2. The lowest BCUT2D eigenvalue weighted by Gasteiger charge is -2.58. The van der Waals surface area contributed by atoms with E-state index in [1.54, 1.807) is 5.57 Å². The fourth-order valence-electron chi connectivity index (χ4n) is 7.50. The van der Waals surface area contributed by atoms with Crippen LogP contribution in [0.3, 0.4) is 0 Å². The molecule has 5 aliphatic rings. The average molecular weight is 351 g/mol. The monoisotopic (exact) mass is 350 g/mol. The largest absolute Gasteiger partial charge is 0.347 e. The summed E-state index contributed by atoms with van der Waals surface area (Å²) in [5, 5.41) is 0.366. The van der Waals surface area contributed by atoms with Crippen LogP contribution in [0.1, 0.15) is 65.2 Å². The number of ether oxygens (including phenoxy) is 2. The van der Waals surface area contributed by atoms with Gasteiger partial charge in [0.05, 0.1) is 13.2 Å². The Kier molecular flexibility index (Phi) is 3.52. The van der Waals surface area contributed by atoms with E-state index < -0.39 is 0 Å². The molecule has 0 aromatic rings. The van der Waals surface area contributed by atoms with E-state index in [1.165, 1.54) is 38.5 Å². The first-order valence-corrected chi connectivity index (χ1v) is 10.5. The third kappa shape index (κ3) is 1.91. The molecule has 2 nitrogen and oxygen atoms in total. The van der Waals surface area contributed by atoms with E-state index in [2.05, 4.69) is 19.9 Å². The molecule has 1 aliphatic heterocycles. The maximum Gasteiger partial charge on any atom is 0.174 e. The SMILES string of the molecule is C[C@]12CC[C@H](Cl)CC1=CC[C@H]1[C@H]2CC[C@]2(C)[C@@H]1CCC21OCCO1. The number of rotatable bonds is 0. The minimum Gasteiger partial charge on any atom is -0.347 e. The highest BCUT2D eigenvalue weighted by Crippen LogP contribution is 2.68. The predicted molar refractivity (Wildman–Crippen MR) is 96.0 cm³/mol. The summed E-state index contributed by atoms with van der Waals surface area (Å²) in [6, 6.07) is 0. The molecule has 3 heteroatoms. The quantitative estimate of drug-likeness (QED) is 0.436. The Hall–Kier alpha value is -0.0500. The number of alkyl halides is 1. The molecule has 1 saturated heterocycles. The van der Waals surface area contributed by atoms with Gasteiger partial charge < -0.3 is 9.47 Å². The molecule has 4 aliphatic carbocycles. The molecular weight excluding hydrogens is 320 g/mol. The van der Waals surface area contributed by atoms with E-state index in [4.69, 9.17) is 21.1 Å². The molecule has 24 heavy (non-hydrogen) atoms. The molecule has 134 valence electrons. The highest BCUT2D eigenvalue weighted by molar-refractivity contribution is 6.20. The van der Waals surface area contributed by atoms with Gasteiger partial charge in [0, 0.05) is 17.2 Å². The second kappa shape index (κ2) is 5.24. The van der Waals surface area contributed by atoms with Gasteiger partial charge in [-0.3, -0.25) is 0 Å². The lowest BCUT2D eigenvalue weighted by Crippen LogP contribution is -2.54. The van der Waals surface area contributed by atoms with Gasteiger partial charge in [0.15, 0.2) is 5.79 Å². The van der Waals surface area contributed by atoms with Crippen LogP contribution in [-0.4, -0.2) is 24.4 Å². The first kappa shape index (κ1) is 16.1. The molecule has 4 fully saturated rings. The summed E-state index contributed by atoms with van der Waals surface area (Å²) in [5.74, 6) is 2.16. The van der Waals surface area contributed by atoms with Gasteiger partial charge in [-0.05, 0) is 68.1 Å². The fourth-order valence-corrected chi connectivity index (χ4v) is 7.78. The van der Waals surface area contributed by atoms with Gasteiger partial charge >= 0.3 is 0 Å². The van der Waals surface area contributed by atoms with Crippen LogP contribution in [0.15, 0.2) is 11.6 Å². The van der Waals surface area contributed by atoms with Crippen molar-refractivity contribution in [3.05, 3.63) is 11.6 Å². The molecule has 0 radical (unpaired) electrons. The van der Waals surface area contributed by atoms with Crippen molar-refractivity contribution in [1.82, 2.24) is 0 Å². The molecule has 3 saturated carbocycles. The van der Waals surface area contributed by atoms with Crippen molar-refractivity contribution >= 4 is 11.6 Å². The summed E-state index contributed by atoms with van der Waals surface area (Å²) in [7, 11) is 0. The molecule has 0 amide bonds. The summed E-state index contributed by atoms with van der Waals surface area (Å²) in [4.78, 5) is 0. The lowest BCUT2D eigenvalue weighted by atomic mass is 9.48. The van der Waals surface area contributed by atoms with E-state index >= 15 is 0 Å². The minimum atomic E-state index is -0.263. The van der Waals surface area contributed by atoms with Crippen LogP contribution in [0.4, 0.5) is 0 Å². The summed E-state index contributed by atoms with van der Waals surface area (Å²) < 4.78 is 12.5. The van der Waals surface area contributed by atoms with Gasteiger partial charge in [0.1, 0.15) is 0 Å². The van der Waals surface area contributed by atoms with Crippen LogP contribution < -0.4 is 0 Å². The van der Waals surface area contributed by atoms with E-state index in [0.717, 1.165) is 43.8 Å². The van der Waals surface area contributed by atoms with Crippen molar-refractivity contribution < 1.29 is 9.47 Å². The second-order valence-corrected chi connectivity index (χ2v) is 10.2. The normalized spacial score (nSPS) is 52.5. The Morgan fingerprint density at radius 2 is 1.75 bits per heavy atom. The van der Waals surface area contributed by atoms with E-state index in [1.807, 2.05) is 0 Å². The van der Waals surface area contributed by atoms with Crippen LogP contribution in [0.5, 0.6) is 0 Å². The molecule has 0 aromatic carbocycles. The third-order valence-electron chi connectivity index (χ3n) is 8.84. The molecule has 0 aromatic heterocycles. The van der Waals surface area contributed by atoms with Crippen molar-refractivity contribution in [2.24, 2.45) is 28.6 Å². The molecule has 1 heterocycles. The fraction of sp³-hybridized carbons (Fsp3) is 0.905. The lowest BCUT2D eigenvalue weighted by molar-refractivity contribution is -0.242. The topological polar surface area (TPSA) is 18.5 Å². The van der Waals surface area contributed by atoms with E-state index in [-0.39, 0.29) is 11.2 Å². The summed E-state index contributed by atoms with van der Waals surface area (Å²) in [6.07, 6.45) is 12.5. The van der Waals surface area contributed by atoms with Crippen LogP contribution >= 0.6 is 11.6 Å². The van der Waals surface area contributed by atoms with Crippen molar-refractivity contribution in [3.8, 4) is 0 Å². The van der Waals surface area contributed by atoms with Crippen LogP contribution in [0, 0.1) is 28.6 Å². The zero-order valence-electron chi connectivity index (χ0n) is 15.2. The van der Waals surface area contributed by atoms with Crippen molar-refractivity contribution in [2.75, 3.05) is 13.2 Å². The van der Waals surface area contributed by atoms with Crippen molar-refractivity contribution in [3.63, 3.8) is 0 Å². The molecule has 5 rings (SSSR count). The first-order chi connectivity index (χ1) is 11.5. The number of fused-ring (bicyclic) bond motifs is 6. The Morgan fingerprint density at radius 1 is 1.00 bits per heavy atom. The number of hydrogen-bond acceptors (Lipinski definition) is 2. The van der Waals surface area contributed by atoms with Gasteiger partial charge in [-0.25, -0.2) is 0 Å². The molecule has 0 bridgehead atoms. The smallest absolute Gasteiger partial charge is 0.174 e. The number of halogens is 1. The van der Waals surface area contributed by atoms with Gasteiger partial charge in [0.25, 0.3) is 0 Å². The Balaban J connectivity index is 1.49. The minimum absolute atomic E-state index is 0.218. The van der Waals surface area contributed by atoms with Crippen LogP contribution in [0.25, 0.3) is 0 Å². The van der Waals surface area contributed by atoms with Crippen LogP contribution in [-0.2, 0) is 9.47 Å². The molecule has 1 spiro atoms. The molecular formula is C21H31ClO2. The average Bonchev–Trinajstić information content (AvgIpc) is 3.15. The highest BCUT2D eigenvalue weighted by Gasteiger charge is 2.66. The standard InChI is InChI=1S/C21H31ClO2/c1-19-8-5-15(22)13-14(19)3-4-16-17(19)6-9-20(2)18(16)7-10-21(20)23-11-12-24-21/h3,15-18H,4-13H2,1-2H3/t15-,16-,17+,18+,19-,20+/m0/s1. The highest BCUT2D eigenvalue weighted by atomic mass is 35.5. The third-order valence-corrected chi connectivity index (χ3v) is 9.21. The van der Waals surface area contributed by atoms with Gasteiger partial charge in [-0.2, -0.15) is 0 Å². The Morgan fingerprint density at radius 3 is 2.54 bits per heavy atom. The van der Waals surface area contributed by atoms with E-state index in [9.17, 15) is 0 Å². The zero-order chi connectivity index (χ0) is 16.6. The first-order valence-electron chi connectivity index (χ1n) is 10.1. The summed E-state index contributed by atoms with van der Waals surface area (Å²) >= 11 is 6.49. The predicted octanol–water partition coefficient (Wildman–Crippen LogP) is 5.30. The molecule has 0 N–H and O–H groups in total. The van der Waals surface area contributed by atoms with Gasteiger partial charge in [-0.15, -0.1) is 11.6 Å². The van der Waals surface area contributed by atoms with Crippen molar-refractivity contribution in [2.45, 2.75) is 76.4 Å². The summed E-state index contributed by atoms with van der Waals surface area (Å²) in [6.45, 7) is 6.60. The maximum atomic E-state index is 6.49. The van der Waals surface area contributed by atoms with Crippen LogP contribution in [0.2, 0.25) is 0 Å². The second-order valence-electron chi connectivity index (χ2n) is 9.54. The van der Waals surface area contributed by atoms with Crippen molar-refractivity contribution in [1.29, 1.82) is 0 Å². The van der Waals surface area contributed by atoms with Gasteiger partial charge in [-0.1, -0.05) is 25.5 Å².